The lowest BCUT2D eigenvalue weighted by molar-refractivity contribution is -0.123. The number of amides is 2. The molecule has 7 heteroatoms. The van der Waals surface area contributed by atoms with Crippen LogP contribution in [-0.4, -0.2) is 30.7 Å². The van der Waals surface area contributed by atoms with Crippen molar-refractivity contribution in [3.8, 4) is 0 Å². The van der Waals surface area contributed by atoms with E-state index in [9.17, 15) is 14.4 Å². The maximum absolute atomic E-state index is 10.4. The van der Waals surface area contributed by atoms with Gasteiger partial charge in [0, 0.05) is 12.8 Å². The first kappa shape index (κ1) is 19.2. The van der Waals surface area contributed by atoms with Gasteiger partial charge in [0.05, 0.1) is 13.1 Å². The van der Waals surface area contributed by atoms with Crippen molar-refractivity contribution in [1.82, 2.24) is 0 Å². The molecule has 8 N–H and O–H groups in total. The summed E-state index contributed by atoms with van der Waals surface area (Å²) in [6.07, 6.45) is 0.280. The highest BCUT2D eigenvalue weighted by Gasteiger charge is 1.99. The smallest absolute Gasteiger partial charge is 0.231 e. The van der Waals surface area contributed by atoms with E-state index in [4.69, 9.17) is 17.2 Å². The van der Waals surface area contributed by atoms with Crippen LogP contribution in [0.15, 0.2) is 0 Å². The molecule has 0 aromatic heterocycles. The molecule has 0 atom stereocenters. The lowest BCUT2D eigenvalue weighted by Crippen LogP contribution is -2.21. The minimum atomic E-state index is -0.468. The number of rotatable bonds is 5. The molecule has 0 aliphatic heterocycles. The van der Waals surface area contributed by atoms with Gasteiger partial charge in [-0.3, -0.25) is 14.4 Å². The van der Waals surface area contributed by atoms with E-state index in [-0.39, 0.29) is 39.1 Å². The Morgan fingerprint density at radius 3 is 1.40 bits per heavy atom. The second-order valence-corrected chi connectivity index (χ2v) is 2.38. The Bertz CT molecular complexity index is 206. The number of ketones is 1. The Morgan fingerprint density at radius 2 is 1.20 bits per heavy atom. The van der Waals surface area contributed by atoms with Gasteiger partial charge >= 0.3 is 0 Å². The number of carbonyl (C=O) groups excluding carboxylic acids is 3. The highest BCUT2D eigenvalue weighted by Crippen LogP contribution is 1.86. The van der Waals surface area contributed by atoms with Gasteiger partial charge in [-0.15, -0.1) is 0 Å². The van der Waals surface area contributed by atoms with Crippen molar-refractivity contribution in [1.29, 1.82) is 0 Å². The zero-order valence-electron chi connectivity index (χ0n) is 7.86. The van der Waals surface area contributed by atoms with Crippen molar-refractivity contribution in [2.75, 3.05) is 13.1 Å². The summed E-state index contributed by atoms with van der Waals surface area (Å²) in [5.74, 6) is -1.06. The van der Waals surface area contributed by atoms with Crippen LogP contribution in [0.25, 0.3) is 0 Å². The lowest BCUT2D eigenvalue weighted by atomic mass is 10.2. The molecule has 0 saturated heterocycles. The van der Waals surface area contributed by atoms with Gasteiger partial charge in [-0.1, -0.05) is 7.43 Å². The van der Waals surface area contributed by atoms with Crippen LogP contribution < -0.4 is 22.9 Å². The van der Waals surface area contributed by atoms with Gasteiger partial charge in [-0.25, -0.2) is 0 Å². The Balaban J connectivity index is -0.000000208. The molecule has 0 spiro atoms. The molecule has 15 heavy (non-hydrogen) atoms. The summed E-state index contributed by atoms with van der Waals surface area (Å²) in [6, 6.07) is 0. The molecule has 0 saturated carbocycles. The summed E-state index contributed by atoms with van der Waals surface area (Å²) < 4.78 is 0. The van der Waals surface area contributed by atoms with Crippen molar-refractivity contribution in [3.05, 3.63) is 0 Å². The maximum atomic E-state index is 10.4. The molecule has 0 aromatic rings. The quantitative estimate of drug-likeness (QED) is 0.415. The predicted molar refractivity (Wildman–Crippen MR) is 57.5 cm³/mol. The Labute approximate surface area is 89.1 Å². The van der Waals surface area contributed by atoms with E-state index in [1.165, 1.54) is 0 Å². The summed E-state index contributed by atoms with van der Waals surface area (Å²) in [6.45, 7) is -0.0622. The molecular weight excluding hydrogens is 200 g/mol. The molecule has 0 aliphatic rings. The van der Waals surface area contributed by atoms with Crippen molar-refractivity contribution < 1.29 is 14.4 Å². The van der Waals surface area contributed by atoms with E-state index >= 15 is 0 Å². The molecule has 0 unspecified atom stereocenters. The second kappa shape index (κ2) is 12.5. The van der Waals surface area contributed by atoms with Crippen molar-refractivity contribution in [2.45, 2.75) is 20.3 Å². The first-order valence-corrected chi connectivity index (χ1v) is 3.92. The van der Waals surface area contributed by atoms with Crippen LogP contribution in [0.3, 0.4) is 0 Å². The maximum Gasteiger partial charge on any atom is 0.231 e. The van der Waals surface area contributed by atoms with E-state index in [1.54, 1.807) is 0 Å². The number of Topliss-reactive ketones (excluding diaryl/α,β-unsaturated/α-hetero) is 1. The van der Waals surface area contributed by atoms with Crippen LogP contribution in [0.4, 0.5) is 0 Å². The topological polar surface area (TPSA) is 155 Å². The molecule has 90 valence electrons. The minimum Gasteiger partial charge on any atom is -0.370 e. The largest absolute Gasteiger partial charge is 0.370 e. The molecular formula is C8H20N4O3. The normalized spacial score (nSPS) is 7.87. The van der Waals surface area contributed by atoms with Gasteiger partial charge in [-0.2, -0.15) is 0 Å². The molecule has 0 fully saturated rings. The van der Waals surface area contributed by atoms with E-state index in [0.717, 1.165) is 0 Å². The van der Waals surface area contributed by atoms with E-state index in [2.05, 4.69) is 5.73 Å². The van der Waals surface area contributed by atoms with Gasteiger partial charge in [0.25, 0.3) is 0 Å². The average molecular weight is 220 g/mol. The zero-order valence-corrected chi connectivity index (χ0v) is 7.86. The van der Waals surface area contributed by atoms with Crippen LogP contribution in [0.2, 0.25) is 0 Å². The molecule has 0 bridgehead atoms. The van der Waals surface area contributed by atoms with Crippen LogP contribution in [0.5, 0.6) is 0 Å². The predicted octanol–water partition coefficient (Wildman–Crippen LogP) is -2.15. The molecule has 2 amide bonds. The molecule has 0 aromatic carbocycles. The molecule has 0 aliphatic carbocycles. The number of carbonyl (C=O) groups is 3. The first-order chi connectivity index (χ1) is 6.43. The fourth-order valence-corrected chi connectivity index (χ4v) is 0.365. The SMILES string of the molecule is C.NCC(=O)CCC(N)=O.NCC(N)=O. The standard InChI is InChI=1S/C5H10N2O2.C2H6N2O.CH4/c6-3-4(8)1-2-5(7)9;3-1-2(4)5;/h1-3,6H2,(H2,7,9);1,3H2,(H2,4,5);1H4. The van der Waals surface area contributed by atoms with E-state index in [0.29, 0.717) is 0 Å². The third-order valence-electron chi connectivity index (χ3n) is 1.08. The fraction of sp³-hybridized carbons (Fsp3) is 0.625. The monoisotopic (exact) mass is 220 g/mol. The third-order valence-corrected chi connectivity index (χ3v) is 1.08. The van der Waals surface area contributed by atoms with Crippen LogP contribution in [-0.2, 0) is 14.4 Å². The van der Waals surface area contributed by atoms with Gasteiger partial charge in [0.2, 0.25) is 11.8 Å². The number of primary amides is 2. The number of nitrogens with two attached hydrogens (primary N) is 4. The van der Waals surface area contributed by atoms with E-state index < -0.39 is 11.8 Å². The fourth-order valence-electron chi connectivity index (χ4n) is 0.365. The summed E-state index contributed by atoms with van der Waals surface area (Å²) in [7, 11) is 0. The zero-order chi connectivity index (χ0) is 11.6. The highest BCUT2D eigenvalue weighted by molar-refractivity contribution is 5.85. The molecule has 0 rings (SSSR count). The first-order valence-electron chi connectivity index (χ1n) is 3.92. The summed E-state index contributed by atoms with van der Waals surface area (Å²) in [5, 5.41) is 0. The average Bonchev–Trinajstić information content (AvgIpc) is 2.14. The van der Waals surface area contributed by atoms with Gasteiger partial charge in [0.15, 0.2) is 0 Å². The Kier molecular flexibility index (Phi) is 16.0. The summed E-state index contributed by atoms with van der Waals surface area (Å²) in [5.41, 5.74) is 18.9. The molecule has 0 heterocycles. The van der Waals surface area contributed by atoms with Crippen LogP contribution in [0, 0.1) is 0 Å². The molecule has 7 nitrogen and oxygen atoms in total. The van der Waals surface area contributed by atoms with E-state index in [1.807, 2.05) is 0 Å². The Hall–Kier alpha value is -1.47. The summed E-state index contributed by atoms with van der Waals surface area (Å²) in [4.78, 5) is 29.9. The van der Waals surface area contributed by atoms with Gasteiger partial charge < -0.3 is 22.9 Å². The highest BCUT2D eigenvalue weighted by atomic mass is 16.1. The van der Waals surface area contributed by atoms with Gasteiger partial charge in [0.1, 0.15) is 5.78 Å². The van der Waals surface area contributed by atoms with Gasteiger partial charge in [-0.05, 0) is 0 Å². The van der Waals surface area contributed by atoms with Crippen LogP contribution in [0.1, 0.15) is 20.3 Å². The van der Waals surface area contributed by atoms with Crippen molar-refractivity contribution >= 4 is 17.6 Å². The lowest BCUT2D eigenvalue weighted by Gasteiger charge is -1.91. The number of hydrogen-bond donors (Lipinski definition) is 4. The molecule has 0 radical (unpaired) electrons. The summed E-state index contributed by atoms with van der Waals surface area (Å²) >= 11 is 0. The third kappa shape index (κ3) is 24.5. The number of hydrogen-bond acceptors (Lipinski definition) is 5. The van der Waals surface area contributed by atoms with Crippen molar-refractivity contribution in [2.24, 2.45) is 22.9 Å². The second-order valence-electron chi connectivity index (χ2n) is 2.38. The van der Waals surface area contributed by atoms with Crippen molar-refractivity contribution in [3.63, 3.8) is 0 Å². The minimum absolute atomic E-state index is 0. The Morgan fingerprint density at radius 1 is 0.800 bits per heavy atom. The van der Waals surface area contributed by atoms with Crippen LogP contribution >= 0.6 is 0 Å².